The second-order valence-corrected chi connectivity index (χ2v) is 13.3. The highest BCUT2D eigenvalue weighted by Crippen LogP contribution is 2.42. The second kappa shape index (κ2) is 12.5. The van der Waals surface area contributed by atoms with Gasteiger partial charge in [0.2, 0.25) is 0 Å². The summed E-state index contributed by atoms with van der Waals surface area (Å²) in [5.41, 5.74) is -1.44. The lowest BCUT2D eigenvalue weighted by Gasteiger charge is -2.12. The van der Waals surface area contributed by atoms with Crippen LogP contribution in [0.2, 0.25) is 0 Å². The Labute approximate surface area is 359 Å². The van der Waals surface area contributed by atoms with Crippen LogP contribution in [0, 0.1) is 0 Å². The molecule has 0 bridgehead atoms. The zero-order chi connectivity index (χ0) is 55.7. The van der Waals surface area contributed by atoms with Gasteiger partial charge in [-0.3, -0.25) is 0 Å². The summed E-state index contributed by atoms with van der Waals surface area (Å²) >= 11 is 0. The maximum absolute atomic E-state index is 10.1. The van der Waals surface area contributed by atoms with Gasteiger partial charge in [0.05, 0.1) is 67.6 Å². The molecule has 0 aliphatic heterocycles. The fraction of sp³-hybridized carbons (Fsp3) is 0. The van der Waals surface area contributed by atoms with E-state index in [1.54, 1.807) is 54.6 Å². The Bertz CT molecular complexity index is 4740. The Balaban J connectivity index is 1.29. The molecule has 0 aliphatic carbocycles. The lowest BCUT2D eigenvalue weighted by Crippen LogP contribution is -1.97. The summed E-state index contributed by atoms with van der Waals surface area (Å²) in [5, 5.41) is -1.92. The molecule has 266 valence electrons. The summed E-state index contributed by atoms with van der Waals surface area (Å²) in [5.74, 6) is 0. The fourth-order valence-electron chi connectivity index (χ4n) is 7.78. The van der Waals surface area contributed by atoms with E-state index in [2.05, 4.69) is 0 Å². The molecule has 3 heteroatoms. The lowest BCUT2D eigenvalue weighted by molar-refractivity contribution is 1.17. The molecular formula is C54H35N3. The normalized spacial score (nSPS) is 17.0. The molecule has 0 fully saturated rings. The highest BCUT2D eigenvalue weighted by molar-refractivity contribution is 6.17. The average Bonchev–Trinajstić information content (AvgIpc) is 4.33. The van der Waals surface area contributed by atoms with Crippen LogP contribution in [0.3, 0.4) is 0 Å². The quantitative estimate of drug-likeness (QED) is 0.167. The predicted octanol–water partition coefficient (Wildman–Crippen LogP) is 14.3. The minimum absolute atomic E-state index is 0.131. The summed E-state index contributed by atoms with van der Waals surface area (Å²) < 4.78 is 200. The zero-order valence-electron chi connectivity index (χ0n) is 50.4. The van der Waals surface area contributed by atoms with Crippen molar-refractivity contribution in [1.82, 2.24) is 13.7 Å². The first-order valence-electron chi connectivity index (χ1n) is 28.4. The molecular weight excluding hydrogens is 691 g/mol. The monoisotopic (exact) mass is 746 g/mol. The van der Waals surface area contributed by atoms with Crippen LogP contribution in [0.1, 0.15) is 28.8 Å². The zero-order valence-corrected chi connectivity index (χ0v) is 29.4. The molecule has 0 amide bonds. The Morgan fingerprint density at radius 2 is 0.807 bits per heavy atom. The molecule has 0 spiro atoms. The third-order valence-electron chi connectivity index (χ3n) is 10.2. The summed E-state index contributed by atoms with van der Waals surface area (Å²) in [6.07, 6.45) is 0. The van der Waals surface area contributed by atoms with Crippen molar-refractivity contribution < 1.29 is 28.8 Å². The van der Waals surface area contributed by atoms with Gasteiger partial charge < -0.3 is 13.7 Å². The SMILES string of the molecule is [2H]c1c([2H])c([2H])c2c(c1[2H])c1c([2H])c(-c3c([2H])c([2H])c4c(c3[2H])c3c([2H])c([2H])c([2H])c([2H])c3n4-c3c([2H])c([2H])c([2H])c4c3c3c([2H])c([2H])c([2H])c([2H])c3n4-c3cccc(-c4ccccc4)c3)c([2H])c([2H])c1n2-c1ccccc1. The Kier molecular flexibility index (Phi) is 3.81. The van der Waals surface area contributed by atoms with Crippen LogP contribution < -0.4 is 0 Å². The molecule has 57 heavy (non-hydrogen) atoms. The van der Waals surface area contributed by atoms with Crippen LogP contribution in [-0.4, -0.2) is 13.7 Å². The van der Waals surface area contributed by atoms with Crippen molar-refractivity contribution in [3.63, 3.8) is 0 Å². The minimum Gasteiger partial charge on any atom is -0.309 e. The molecule has 3 aromatic heterocycles. The van der Waals surface area contributed by atoms with Crippen LogP contribution in [0.25, 0.3) is 105 Å². The van der Waals surface area contributed by atoms with E-state index in [9.17, 15) is 17.8 Å². The van der Waals surface area contributed by atoms with Crippen molar-refractivity contribution in [2.75, 3.05) is 0 Å². The van der Waals surface area contributed by atoms with Gasteiger partial charge in [-0.05, 0) is 101 Å². The van der Waals surface area contributed by atoms with Gasteiger partial charge in [0.1, 0.15) is 0 Å². The maximum atomic E-state index is 10.1. The minimum atomic E-state index is -0.880. The van der Waals surface area contributed by atoms with E-state index in [0.717, 1.165) is 10.1 Å². The summed E-state index contributed by atoms with van der Waals surface area (Å²) in [6, 6.07) is 9.31. The highest BCUT2D eigenvalue weighted by atomic mass is 15.0. The van der Waals surface area contributed by atoms with Gasteiger partial charge in [0.25, 0.3) is 0 Å². The first-order valence-corrected chi connectivity index (χ1v) is 17.9. The number of benzene rings is 9. The number of hydrogen-bond acceptors (Lipinski definition) is 0. The Hall–Kier alpha value is -7.62. The highest BCUT2D eigenvalue weighted by Gasteiger charge is 2.20. The van der Waals surface area contributed by atoms with Crippen molar-refractivity contribution >= 4 is 65.4 Å². The number of rotatable bonds is 5. The molecule has 3 nitrogen and oxygen atoms in total. The smallest absolute Gasteiger partial charge is 0.0645 e. The van der Waals surface area contributed by atoms with Crippen molar-refractivity contribution in [2.45, 2.75) is 0 Å². The third-order valence-corrected chi connectivity index (χ3v) is 10.2. The number of para-hydroxylation sites is 4. The average molecular weight is 747 g/mol. The van der Waals surface area contributed by atoms with Crippen LogP contribution in [0.4, 0.5) is 0 Å². The van der Waals surface area contributed by atoms with Crippen molar-refractivity contribution in [2.24, 2.45) is 0 Å². The molecule has 0 unspecified atom stereocenters. The number of nitrogens with zero attached hydrogens (tertiary/aromatic N) is 3. The van der Waals surface area contributed by atoms with E-state index >= 15 is 0 Å². The van der Waals surface area contributed by atoms with E-state index in [0.29, 0.717) is 11.3 Å². The molecule has 9 aromatic carbocycles. The fourth-order valence-corrected chi connectivity index (χ4v) is 7.78. The third kappa shape index (κ3) is 4.79. The largest absolute Gasteiger partial charge is 0.309 e. The van der Waals surface area contributed by atoms with Gasteiger partial charge in [-0.1, -0.05) is 133 Å². The topological polar surface area (TPSA) is 14.8 Å². The molecule has 12 aromatic rings. The molecule has 12 rings (SSSR count). The first-order chi connectivity index (χ1) is 37.1. The number of aromatic nitrogens is 3. The number of hydrogen-bond donors (Lipinski definition) is 0. The van der Waals surface area contributed by atoms with Crippen LogP contribution in [-0.2, 0) is 0 Å². The van der Waals surface area contributed by atoms with E-state index in [1.165, 1.54) is 9.13 Å². The standard InChI is InChI=1S/C54H35N3/c1-3-15-36(16-4-1)37-17-13-20-41(33-37)56-49-26-12-9-23-44(49)54-52(56)27-14-28-53(54)57-48-25-11-8-22-43(48)46-35-39(30-32-51(46)57)38-29-31-50-45(34-38)42-21-7-10-24-47(42)55(50)40-18-5-2-6-19-40/h1-35H/i7D,8D,9D,10D,11D,12D,14D,21D,22D,23D,24D,25D,26D,27D,28D,29D,30D,31D,32D,34D,35D. The molecule has 0 radical (unpaired) electrons. The Morgan fingerprint density at radius 1 is 0.316 bits per heavy atom. The van der Waals surface area contributed by atoms with Gasteiger partial charge >= 0.3 is 0 Å². The van der Waals surface area contributed by atoms with Gasteiger partial charge in [0.15, 0.2) is 0 Å². The van der Waals surface area contributed by atoms with Gasteiger partial charge in [0, 0.05) is 43.7 Å². The number of fused-ring (bicyclic) bond motifs is 9. The summed E-state index contributed by atoms with van der Waals surface area (Å²) in [4.78, 5) is 0. The van der Waals surface area contributed by atoms with Crippen LogP contribution in [0.15, 0.2) is 212 Å². The van der Waals surface area contributed by atoms with Crippen molar-refractivity contribution in [3.8, 4) is 39.3 Å². The van der Waals surface area contributed by atoms with E-state index in [4.69, 9.17) is 11.0 Å². The van der Waals surface area contributed by atoms with Gasteiger partial charge in [-0.2, -0.15) is 0 Å². The Morgan fingerprint density at radius 3 is 1.49 bits per heavy atom. The predicted molar refractivity (Wildman–Crippen MR) is 240 cm³/mol. The maximum Gasteiger partial charge on any atom is 0.0645 e. The molecule has 0 saturated carbocycles. The first kappa shape index (κ1) is 17.5. The van der Waals surface area contributed by atoms with Crippen molar-refractivity contribution in [1.29, 1.82) is 0 Å². The van der Waals surface area contributed by atoms with E-state index < -0.39 is 166 Å². The lowest BCUT2D eigenvalue weighted by atomic mass is 10.0. The molecule has 0 aliphatic rings. The molecule has 3 heterocycles. The summed E-state index contributed by atoms with van der Waals surface area (Å²) in [6.45, 7) is 0. The molecule has 0 saturated heterocycles. The van der Waals surface area contributed by atoms with Gasteiger partial charge in [-0.15, -0.1) is 0 Å². The molecule has 0 atom stereocenters. The van der Waals surface area contributed by atoms with Gasteiger partial charge in [-0.25, -0.2) is 0 Å². The van der Waals surface area contributed by atoms with Crippen molar-refractivity contribution in [3.05, 3.63) is 212 Å². The summed E-state index contributed by atoms with van der Waals surface area (Å²) in [7, 11) is 0. The van der Waals surface area contributed by atoms with Crippen LogP contribution in [0.5, 0.6) is 0 Å². The van der Waals surface area contributed by atoms with E-state index in [1.807, 2.05) is 30.3 Å². The second-order valence-electron chi connectivity index (χ2n) is 13.3. The van der Waals surface area contributed by atoms with E-state index in [-0.39, 0.29) is 49.3 Å². The molecule has 0 N–H and O–H groups in total. The van der Waals surface area contributed by atoms with Crippen LogP contribution >= 0.6 is 0 Å².